The van der Waals surface area contributed by atoms with Gasteiger partial charge in [0.2, 0.25) is 5.95 Å². The molecule has 4 heteroatoms. The van der Waals surface area contributed by atoms with Gasteiger partial charge >= 0.3 is 0 Å². The molecule has 3 heterocycles. The second-order valence-corrected chi connectivity index (χ2v) is 13.6. The predicted molar refractivity (Wildman–Crippen MR) is 217 cm³/mol. The second-order valence-electron chi connectivity index (χ2n) is 13.6. The monoisotopic (exact) mass is 661 g/mol. The SMILES string of the molecule is c1ccc(-c2nc(-n3c4ccccc4c4c5c6ccccc6c6ccccc6c5c5c6ccccc6oc5c43)nc3c2ccc2ccccc23)cc1. The highest BCUT2D eigenvalue weighted by atomic mass is 16.3. The molecule has 0 aliphatic rings. The van der Waals surface area contributed by atoms with Crippen LogP contribution in [0.15, 0.2) is 168 Å². The summed E-state index contributed by atoms with van der Waals surface area (Å²) in [5.74, 6) is 0.611. The van der Waals surface area contributed by atoms with E-state index in [1.54, 1.807) is 0 Å². The van der Waals surface area contributed by atoms with Crippen LogP contribution in [0.3, 0.4) is 0 Å². The fourth-order valence-electron chi connectivity index (χ4n) is 8.80. The summed E-state index contributed by atoms with van der Waals surface area (Å²) < 4.78 is 9.28. The summed E-state index contributed by atoms with van der Waals surface area (Å²) in [5.41, 5.74) is 6.56. The first-order valence-corrected chi connectivity index (χ1v) is 17.7. The van der Waals surface area contributed by atoms with Crippen LogP contribution in [0.5, 0.6) is 0 Å². The molecule has 9 aromatic carbocycles. The Morgan fingerprint density at radius 2 is 1.00 bits per heavy atom. The predicted octanol–water partition coefficient (Wildman–Crippen LogP) is 12.9. The number of aromatic nitrogens is 3. The molecule has 3 aromatic heterocycles. The molecule has 0 radical (unpaired) electrons. The Kier molecular flexibility index (Phi) is 5.47. The smallest absolute Gasteiger partial charge is 0.235 e. The fourth-order valence-corrected chi connectivity index (χ4v) is 8.80. The lowest BCUT2D eigenvalue weighted by molar-refractivity contribution is 0.671. The molecule has 12 rings (SSSR count). The van der Waals surface area contributed by atoms with Crippen molar-refractivity contribution < 1.29 is 4.42 Å². The van der Waals surface area contributed by atoms with E-state index in [0.29, 0.717) is 5.95 Å². The molecule has 0 aliphatic heterocycles. The van der Waals surface area contributed by atoms with Gasteiger partial charge in [0.15, 0.2) is 5.58 Å². The molecule has 0 saturated carbocycles. The van der Waals surface area contributed by atoms with Gasteiger partial charge in [0.05, 0.1) is 16.7 Å². The van der Waals surface area contributed by atoms with Crippen molar-refractivity contribution in [2.75, 3.05) is 0 Å². The number of fused-ring (bicyclic) bond motifs is 18. The molecule has 4 nitrogen and oxygen atoms in total. The molecule has 0 fully saturated rings. The number of nitrogens with zero attached hydrogens (tertiary/aromatic N) is 3. The van der Waals surface area contributed by atoms with Crippen LogP contribution >= 0.6 is 0 Å². The lowest BCUT2D eigenvalue weighted by Gasteiger charge is -2.15. The number of hydrogen-bond donors (Lipinski definition) is 0. The Morgan fingerprint density at radius 3 is 1.77 bits per heavy atom. The largest absolute Gasteiger partial charge is 0.454 e. The minimum atomic E-state index is 0.611. The maximum Gasteiger partial charge on any atom is 0.235 e. The van der Waals surface area contributed by atoms with Crippen LogP contribution in [0.25, 0.3) is 115 Å². The molecule has 12 aromatic rings. The maximum atomic E-state index is 7.02. The first kappa shape index (κ1) is 27.7. The van der Waals surface area contributed by atoms with Gasteiger partial charge < -0.3 is 4.42 Å². The van der Waals surface area contributed by atoms with Crippen molar-refractivity contribution >= 4 is 97.7 Å². The lowest BCUT2D eigenvalue weighted by atomic mass is 9.89. The van der Waals surface area contributed by atoms with Crippen molar-refractivity contribution in [2.24, 2.45) is 0 Å². The topological polar surface area (TPSA) is 43.9 Å². The van der Waals surface area contributed by atoms with Gasteiger partial charge in [0, 0.05) is 48.7 Å². The van der Waals surface area contributed by atoms with Gasteiger partial charge in [-0.2, -0.15) is 0 Å². The van der Waals surface area contributed by atoms with E-state index in [9.17, 15) is 0 Å². The van der Waals surface area contributed by atoms with Gasteiger partial charge in [-0.15, -0.1) is 0 Å². The molecule has 52 heavy (non-hydrogen) atoms. The summed E-state index contributed by atoms with van der Waals surface area (Å²) in [6.07, 6.45) is 0. The Labute approximate surface area is 296 Å². The van der Waals surface area contributed by atoms with Crippen LogP contribution < -0.4 is 0 Å². The van der Waals surface area contributed by atoms with E-state index in [1.807, 2.05) is 6.07 Å². The molecule has 0 spiro atoms. The zero-order valence-electron chi connectivity index (χ0n) is 27.8. The highest BCUT2D eigenvalue weighted by molar-refractivity contribution is 6.44. The number of rotatable bonds is 2. The summed E-state index contributed by atoms with van der Waals surface area (Å²) in [6.45, 7) is 0. The molecule has 0 N–H and O–H groups in total. The summed E-state index contributed by atoms with van der Waals surface area (Å²) in [6, 6.07) is 58.0. The number of para-hydroxylation sites is 2. The van der Waals surface area contributed by atoms with Crippen molar-refractivity contribution in [3.8, 4) is 17.2 Å². The Hall–Kier alpha value is -7.04. The molecule has 0 saturated heterocycles. The van der Waals surface area contributed by atoms with E-state index < -0.39 is 0 Å². The maximum absolute atomic E-state index is 7.02. The first-order chi connectivity index (χ1) is 25.8. The Balaban J connectivity index is 1.38. The van der Waals surface area contributed by atoms with Crippen LogP contribution in [0.1, 0.15) is 0 Å². The minimum Gasteiger partial charge on any atom is -0.454 e. The van der Waals surface area contributed by atoms with Crippen molar-refractivity contribution in [3.63, 3.8) is 0 Å². The molecule has 0 unspecified atom stereocenters. The average molecular weight is 662 g/mol. The Bertz CT molecular complexity index is 3470. The van der Waals surface area contributed by atoms with Gasteiger partial charge in [-0.1, -0.05) is 146 Å². The molecular weight excluding hydrogens is 635 g/mol. The molecule has 0 bridgehead atoms. The zero-order chi connectivity index (χ0) is 33.9. The van der Waals surface area contributed by atoms with Crippen LogP contribution in [0.2, 0.25) is 0 Å². The first-order valence-electron chi connectivity index (χ1n) is 17.7. The number of furan rings is 1. The summed E-state index contributed by atoms with van der Waals surface area (Å²) >= 11 is 0. The van der Waals surface area contributed by atoms with Gasteiger partial charge in [0.25, 0.3) is 0 Å². The van der Waals surface area contributed by atoms with Crippen molar-refractivity contribution in [1.82, 2.24) is 14.5 Å². The van der Waals surface area contributed by atoms with E-state index in [-0.39, 0.29) is 0 Å². The third-order valence-electron chi connectivity index (χ3n) is 10.9. The summed E-state index contributed by atoms with van der Waals surface area (Å²) in [5, 5.41) is 15.1. The third kappa shape index (κ3) is 3.60. The van der Waals surface area contributed by atoms with E-state index >= 15 is 0 Å². The molecule has 0 aliphatic carbocycles. The summed E-state index contributed by atoms with van der Waals surface area (Å²) in [4.78, 5) is 11.0. The average Bonchev–Trinajstić information content (AvgIpc) is 3.77. The quantitative estimate of drug-likeness (QED) is 0.173. The van der Waals surface area contributed by atoms with Gasteiger partial charge in [0.1, 0.15) is 11.1 Å². The number of benzene rings is 9. The minimum absolute atomic E-state index is 0.611. The van der Waals surface area contributed by atoms with E-state index in [0.717, 1.165) is 76.7 Å². The van der Waals surface area contributed by atoms with Crippen LogP contribution in [-0.4, -0.2) is 14.5 Å². The van der Waals surface area contributed by atoms with E-state index in [1.165, 1.54) is 32.3 Å². The van der Waals surface area contributed by atoms with Gasteiger partial charge in [-0.05, 0) is 45.1 Å². The van der Waals surface area contributed by atoms with Crippen LogP contribution in [0, 0.1) is 0 Å². The van der Waals surface area contributed by atoms with Crippen molar-refractivity contribution in [3.05, 3.63) is 164 Å². The number of hydrogen-bond acceptors (Lipinski definition) is 3. The second kappa shape index (κ2) is 10.3. The van der Waals surface area contributed by atoms with Crippen LogP contribution in [-0.2, 0) is 0 Å². The summed E-state index contributed by atoms with van der Waals surface area (Å²) in [7, 11) is 0. The third-order valence-corrected chi connectivity index (χ3v) is 10.9. The molecule has 240 valence electrons. The van der Waals surface area contributed by atoms with Gasteiger partial charge in [-0.3, -0.25) is 4.57 Å². The molecule has 0 amide bonds. The van der Waals surface area contributed by atoms with Crippen LogP contribution in [0.4, 0.5) is 0 Å². The van der Waals surface area contributed by atoms with E-state index in [4.69, 9.17) is 14.4 Å². The fraction of sp³-hybridized carbons (Fsp3) is 0. The van der Waals surface area contributed by atoms with Gasteiger partial charge in [-0.25, -0.2) is 9.97 Å². The zero-order valence-corrected chi connectivity index (χ0v) is 27.8. The molecule has 0 atom stereocenters. The molecular formula is C48H27N3O. The van der Waals surface area contributed by atoms with Crippen molar-refractivity contribution in [1.29, 1.82) is 0 Å². The lowest BCUT2D eigenvalue weighted by Crippen LogP contribution is -2.04. The van der Waals surface area contributed by atoms with Crippen molar-refractivity contribution in [2.45, 2.75) is 0 Å². The normalized spacial score (nSPS) is 12.2. The Morgan fingerprint density at radius 1 is 0.404 bits per heavy atom. The highest BCUT2D eigenvalue weighted by Crippen LogP contribution is 2.50. The van der Waals surface area contributed by atoms with E-state index in [2.05, 4.69) is 162 Å². The highest BCUT2D eigenvalue weighted by Gasteiger charge is 2.27. The standard InChI is InChI=1S/C48H27N3O/c1-2-15-29(16-3-1)44-37-27-26-28-14-4-5-17-30(28)45(37)50-48(49-44)51-38-24-12-10-22-35(38)42-40-33-20-8-6-18-31(33)32-19-7-9-21-34(32)41(40)43-36-23-11-13-25-39(36)52-47(43)46(42)51/h1-27H.